The van der Waals surface area contributed by atoms with Crippen LogP contribution in [0.5, 0.6) is 0 Å². The molecule has 1 N–H and O–H groups in total. The van der Waals surface area contributed by atoms with Crippen molar-refractivity contribution in [1.82, 2.24) is 5.32 Å². The molecular formula is C16H26N2S. The van der Waals surface area contributed by atoms with Crippen LogP contribution >= 0.6 is 11.3 Å². The van der Waals surface area contributed by atoms with Gasteiger partial charge < -0.3 is 10.2 Å². The molecule has 1 saturated carbocycles. The van der Waals surface area contributed by atoms with Crippen LogP contribution in [0.25, 0.3) is 0 Å². The molecule has 1 saturated heterocycles. The van der Waals surface area contributed by atoms with E-state index >= 15 is 0 Å². The van der Waals surface area contributed by atoms with E-state index in [-0.39, 0.29) is 0 Å². The average Bonchev–Trinajstić information content (AvgIpc) is 3.07. The third kappa shape index (κ3) is 3.51. The summed E-state index contributed by atoms with van der Waals surface area (Å²) in [5, 5.41) is 8.31. The summed E-state index contributed by atoms with van der Waals surface area (Å²) in [5.74, 6) is 2.59. The van der Waals surface area contributed by atoms with Crippen molar-refractivity contribution in [2.24, 2.45) is 17.8 Å². The van der Waals surface area contributed by atoms with Gasteiger partial charge in [-0.25, -0.2) is 0 Å². The molecule has 19 heavy (non-hydrogen) atoms. The number of thiophene rings is 1. The van der Waals surface area contributed by atoms with Crippen molar-refractivity contribution in [3.05, 3.63) is 16.8 Å². The molecule has 2 unspecified atom stereocenters. The Bertz CT molecular complexity index is 383. The summed E-state index contributed by atoms with van der Waals surface area (Å²) >= 11 is 1.81. The molecule has 2 fully saturated rings. The Balaban J connectivity index is 1.63. The highest BCUT2D eigenvalue weighted by atomic mass is 32.1. The van der Waals surface area contributed by atoms with Crippen molar-refractivity contribution in [2.45, 2.75) is 39.2 Å². The third-order valence-corrected chi connectivity index (χ3v) is 5.36. The van der Waals surface area contributed by atoms with Gasteiger partial charge in [-0.1, -0.05) is 13.8 Å². The van der Waals surface area contributed by atoms with Gasteiger partial charge in [0.15, 0.2) is 0 Å². The second kappa shape index (κ2) is 5.84. The van der Waals surface area contributed by atoms with Gasteiger partial charge in [-0.2, -0.15) is 11.3 Å². The zero-order valence-electron chi connectivity index (χ0n) is 12.1. The molecular weight excluding hydrogens is 252 g/mol. The topological polar surface area (TPSA) is 15.3 Å². The van der Waals surface area contributed by atoms with E-state index in [0.29, 0.717) is 6.04 Å². The van der Waals surface area contributed by atoms with Gasteiger partial charge in [0.2, 0.25) is 0 Å². The standard InChI is InChI=1S/C16H26N2S/c1-12(2)14-7-15(17-8-13-3-4-13)10-18(9-14)16-5-6-19-11-16/h5-6,11-15,17H,3-4,7-10H2,1-2H3. The zero-order valence-corrected chi connectivity index (χ0v) is 13.0. The van der Waals surface area contributed by atoms with Gasteiger partial charge in [-0.15, -0.1) is 0 Å². The molecule has 3 heteroatoms. The lowest BCUT2D eigenvalue weighted by Crippen LogP contribution is -2.50. The molecule has 0 radical (unpaired) electrons. The molecule has 0 bridgehead atoms. The molecule has 0 amide bonds. The number of hydrogen-bond donors (Lipinski definition) is 1. The van der Waals surface area contributed by atoms with Gasteiger partial charge in [-0.3, -0.25) is 0 Å². The van der Waals surface area contributed by atoms with E-state index in [9.17, 15) is 0 Å². The zero-order chi connectivity index (χ0) is 13.2. The molecule has 1 aromatic rings. The molecule has 3 rings (SSSR count). The minimum Gasteiger partial charge on any atom is -0.369 e. The summed E-state index contributed by atoms with van der Waals surface area (Å²) < 4.78 is 0. The SMILES string of the molecule is CC(C)C1CC(NCC2CC2)CN(c2ccsc2)C1. The molecule has 2 heterocycles. The molecule has 106 valence electrons. The summed E-state index contributed by atoms with van der Waals surface area (Å²) in [7, 11) is 0. The lowest BCUT2D eigenvalue weighted by atomic mass is 9.85. The number of nitrogens with one attached hydrogen (secondary N) is 1. The lowest BCUT2D eigenvalue weighted by molar-refractivity contribution is 0.271. The van der Waals surface area contributed by atoms with Crippen molar-refractivity contribution >= 4 is 17.0 Å². The maximum absolute atomic E-state index is 3.82. The molecule has 2 aliphatic rings. The highest BCUT2D eigenvalue weighted by Gasteiger charge is 2.30. The van der Waals surface area contributed by atoms with E-state index in [1.165, 1.54) is 44.6 Å². The van der Waals surface area contributed by atoms with E-state index < -0.39 is 0 Å². The predicted molar refractivity (Wildman–Crippen MR) is 84.0 cm³/mol. The molecule has 1 aromatic heterocycles. The van der Waals surface area contributed by atoms with Gasteiger partial charge in [0.1, 0.15) is 0 Å². The van der Waals surface area contributed by atoms with Crippen LogP contribution in [0, 0.1) is 17.8 Å². The largest absolute Gasteiger partial charge is 0.369 e. The highest BCUT2D eigenvalue weighted by Crippen LogP contribution is 2.31. The van der Waals surface area contributed by atoms with Crippen LogP contribution in [0.2, 0.25) is 0 Å². The number of nitrogens with zero attached hydrogens (tertiary/aromatic N) is 1. The van der Waals surface area contributed by atoms with E-state index in [2.05, 4.69) is 40.9 Å². The summed E-state index contributed by atoms with van der Waals surface area (Å²) in [6.45, 7) is 8.41. The third-order valence-electron chi connectivity index (χ3n) is 4.69. The summed E-state index contributed by atoms with van der Waals surface area (Å²) in [5.41, 5.74) is 1.42. The van der Waals surface area contributed by atoms with Crippen molar-refractivity contribution in [1.29, 1.82) is 0 Å². The fourth-order valence-electron chi connectivity index (χ4n) is 3.07. The Morgan fingerprint density at radius 3 is 2.84 bits per heavy atom. The summed E-state index contributed by atoms with van der Waals surface area (Å²) in [6.07, 6.45) is 4.24. The second-order valence-corrected chi connectivity index (χ2v) is 7.45. The van der Waals surface area contributed by atoms with Gasteiger partial charge in [0.05, 0.1) is 0 Å². The maximum atomic E-state index is 3.82. The van der Waals surface area contributed by atoms with Crippen LogP contribution in [-0.4, -0.2) is 25.7 Å². The Labute approximate surface area is 121 Å². The maximum Gasteiger partial charge on any atom is 0.0475 e. The van der Waals surface area contributed by atoms with Crippen LogP contribution in [0.1, 0.15) is 33.1 Å². The first kappa shape index (κ1) is 13.4. The van der Waals surface area contributed by atoms with Crippen LogP contribution in [0.15, 0.2) is 16.8 Å². The Kier molecular flexibility index (Phi) is 4.13. The minimum atomic E-state index is 0.682. The first-order valence-electron chi connectivity index (χ1n) is 7.73. The Morgan fingerprint density at radius 2 is 2.21 bits per heavy atom. The fourth-order valence-corrected chi connectivity index (χ4v) is 3.74. The van der Waals surface area contributed by atoms with Crippen molar-refractivity contribution < 1.29 is 0 Å². The number of anilines is 1. The average molecular weight is 278 g/mol. The van der Waals surface area contributed by atoms with Gasteiger partial charge in [0, 0.05) is 30.2 Å². The van der Waals surface area contributed by atoms with E-state index in [4.69, 9.17) is 0 Å². The van der Waals surface area contributed by atoms with Crippen molar-refractivity contribution in [3.8, 4) is 0 Å². The van der Waals surface area contributed by atoms with E-state index in [1.54, 1.807) is 0 Å². The van der Waals surface area contributed by atoms with Crippen LogP contribution in [0.3, 0.4) is 0 Å². The van der Waals surface area contributed by atoms with Crippen LogP contribution < -0.4 is 10.2 Å². The molecule has 0 aromatic carbocycles. The molecule has 0 spiro atoms. The first-order chi connectivity index (χ1) is 9.22. The lowest BCUT2D eigenvalue weighted by Gasteiger charge is -2.41. The summed E-state index contributed by atoms with van der Waals surface area (Å²) in [6, 6.07) is 2.95. The van der Waals surface area contributed by atoms with E-state index in [1.807, 2.05) is 11.3 Å². The van der Waals surface area contributed by atoms with Crippen molar-refractivity contribution in [2.75, 3.05) is 24.5 Å². The first-order valence-corrected chi connectivity index (χ1v) is 8.67. The smallest absolute Gasteiger partial charge is 0.0475 e. The van der Waals surface area contributed by atoms with Gasteiger partial charge in [0.25, 0.3) is 0 Å². The summed E-state index contributed by atoms with van der Waals surface area (Å²) in [4.78, 5) is 2.59. The quantitative estimate of drug-likeness (QED) is 0.885. The van der Waals surface area contributed by atoms with E-state index in [0.717, 1.165) is 17.8 Å². The number of hydrogen-bond acceptors (Lipinski definition) is 3. The highest BCUT2D eigenvalue weighted by molar-refractivity contribution is 7.08. The van der Waals surface area contributed by atoms with Gasteiger partial charge >= 0.3 is 0 Å². The van der Waals surface area contributed by atoms with Crippen molar-refractivity contribution in [3.63, 3.8) is 0 Å². The molecule has 1 aliphatic carbocycles. The molecule has 2 atom stereocenters. The minimum absolute atomic E-state index is 0.682. The molecule has 1 aliphatic heterocycles. The van der Waals surface area contributed by atoms with Crippen LogP contribution in [0.4, 0.5) is 5.69 Å². The molecule has 2 nitrogen and oxygen atoms in total. The second-order valence-electron chi connectivity index (χ2n) is 6.67. The fraction of sp³-hybridized carbons (Fsp3) is 0.750. The Morgan fingerprint density at radius 1 is 1.37 bits per heavy atom. The Hall–Kier alpha value is -0.540. The number of rotatable bonds is 5. The predicted octanol–water partition coefficient (Wildman–Crippen LogP) is 3.60. The normalized spacial score (nSPS) is 28.1. The van der Waals surface area contributed by atoms with Gasteiger partial charge in [-0.05, 0) is 55.0 Å². The monoisotopic (exact) mass is 278 g/mol. The number of piperidine rings is 1. The van der Waals surface area contributed by atoms with Crippen LogP contribution in [-0.2, 0) is 0 Å².